The van der Waals surface area contributed by atoms with Crippen molar-refractivity contribution in [3.63, 3.8) is 0 Å². The zero-order valence-electron chi connectivity index (χ0n) is 9.94. The topological polar surface area (TPSA) is 47.3 Å². The normalized spacial score (nSPS) is 12.1. The fourth-order valence-electron chi connectivity index (χ4n) is 1.68. The van der Waals surface area contributed by atoms with E-state index in [0.717, 1.165) is 11.4 Å². The minimum atomic E-state index is 0.265. The molecule has 0 aliphatic carbocycles. The van der Waals surface area contributed by atoms with Gasteiger partial charge in [-0.15, -0.1) is 11.3 Å². The van der Waals surface area contributed by atoms with Crippen molar-refractivity contribution in [1.82, 2.24) is 0 Å². The van der Waals surface area contributed by atoms with Crippen molar-refractivity contribution >= 4 is 22.7 Å². The summed E-state index contributed by atoms with van der Waals surface area (Å²) in [5, 5.41) is 5.49. The molecule has 0 aliphatic heterocycles. The van der Waals surface area contributed by atoms with Crippen LogP contribution in [0.5, 0.6) is 5.75 Å². The number of ether oxygens (including phenoxy) is 1. The molecule has 0 radical (unpaired) electrons. The van der Waals surface area contributed by atoms with Gasteiger partial charge < -0.3 is 15.8 Å². The highest BCUT2D eigenvalue weighted by Gasteiger charge is 2.07. The number of rotatable bonds is 4. The summed E-state index contributed by atoms with van der Waals surface area (Å²) in [5.41, 5.74) is 7.49. The predicted molar refractivity (Wildman–Crippen MR) is 73.8 cm³/mol. The number of benzene rings is 1. The van der Waals surface area contributed by atoms with E-state index in [1.54, 1.807) is 24.5 Å². The van der Waals surface area contributed by atoms with Gasteiger partial charge in [-0.2, -0.15) is 0 Å². The lowest BCUT2D eigenvalue weighted by molar-refractivity contribution is 0.415. The van der Waals surface area contributed by atoms with Crippen LogP contribution < -0.4 is 15.8 Å². The van der Waals surface area contributed by atoms with Crippen molar-refractivity contribution in [2.24, 2.45) is 0 Å². The predicted octanol–water partition coefficient (Wildman–Crippen LogP) is 3.51. The highest BCUT2D eigenvalue weighted by molar-refractivity contribution is 7.10. The average molecular weight is 248 g/mol. The van der Waals surface area contributed by atoms with Gasteiger partial charge in [0.1, 0.15) is 5.75 Å². The quantitative estimate of drug-likeness (QED) is 0.814. The summed E-state index contributed by atoms with van der Waals surface area (Å²) in [7, 11) is 1.64. The molecule has 2 rings (SSSR count). The summed E-state index contributed by atoms with van der Waals surface area (Å²) in [6, 6.07) is 10.1. The summed E-state index contributed by atoms with van der Waals surface area (Å²) >= 11 is 1.74. The molecule has 1 aromatic carbocycles. The highest BCUT2D eigenvalue weighted by atomic mass is 32.1. The molecule has 17 heavy (non-hydrogen) atoms. The van der Waals surface area contributed by atoms with E-state index in [9.17, 15) is 0 Å². The summed E-state index contributed by atoms with van der Waals surface area (Å²) in [5.74, 6) is 0.769. The van der Waals surface area contributed by atoms with Crippen LogP contribution in [0.3, 0.4) is 0 Å². The summed E-state index contributed by atoms with van der Waals surface area (Å²) in [4.78, 5) is 1.30. The minimum absolute atomic E-state index is 0.265. The zero-order chi connectivity index (χ0) is 12.3. The number of nitrogens with one attached hydrogen (secondary N) is 1. The van der Waals surface area contributed by atoms with Crippen LogP contribution in [0.1, 0.15) is 17.8 Å². The standard InChI is InChI=1S/C13H16N2OS/c1-9(13-4-3-5-17-13)15-11-6-10(14)7-12(8-11)16-2/h3-9,15H,14H2,1-2H3. The molecule has 0 aliphatic rings. The first-order chi connectivity index (χ1) is 8.19. The van der Waals surface area contributed by atoms with E-state index in [-0.39, 0.29) is 6.04 Å². The molecule has 0 saturated carbocycles. The Morgan fingerprint density at radius 3 is 2.82 bits per heavy atom. The number of thiophene rings is 1. The lowest BCUT2D eigenvalue weighted by atomic mass is 10.2. The number of hydrogen-bond acceptors (Lipinski definition) is 4. The molecular weight excluding hydrogens is 232 g/mol. The summed E-state index contributed by atoms with van der Waals surface area (Å²) < 4.78 is 5.19. The molecule has 3 nitrogen and oxygen atoms in total. The summed E-state index contributed by atoms with van der Waals surface area (Å²) in [6.45, 7) is 2.13. The Bertz CT molecular complexity index is 482. The molecular formula is C13H16N2OS. The molecule has 1 aromatic heterocycles. The van der Waals surface area contributed by atoms with Crippen molar-refractivity contribution in [3.8, 4) is 5.75 Å². The second-order valence-electron chi connectivity index (χ2n) is 3.88. The number of hydrogen-bond donors (Lipinski definition) is 2. The van der Waals surface area contributed by atoms with Gasteiger partial charge in [0.05, 0.1) is 13.2 Å². The molecule has 0 amide bonds. The van der Waals surface area contributed by atoms with Crippen LogP contribution in [0.4, 0.5) is 11.4 Å². The third kappa shape index (κ3) is 2.91. The molecule has 0 saturated heterocycles. The van der Waals surface area contributed by atoms with E-state index in [1.807, 2.05) is 12.1 Å². The second-order valence-corrected chi connectivity index (χ2v) is 4.86. The Morgan fingerprint density at radius 1 is 1.35 bits per heavy atom. The van der Waals surface area contributed by atoms with Crippen LogP contribution >= 0.6 is 11.3 Å². The number of nitrogen functional groups attached to an aromatic ring is 1. The smallest absolute Gasteiger partial charge is 0.122 e. The lowest BCUT2D eigenvalue weighted by Crippen LogP contribution is -2.05. The molecule has 1 unspecified atom stereocenters. The first-order valence-electron chi connectivity index (χ1n) is 5.43. The molecule has 90 valence electrons. The van der Waals surface area contributed by atoms with Crippen LogP contribution in [0, 0.1) is 0 Å². The Hall–Kier alpha value is -1.68. The third-order valence-corrected chi connectivity index (χ3v) is 3.57. The largest absolute Gasteiger partial charge is 0.497 e. The van der Waals surface area contributed by atoms with E-state index in [1.165, 1.54) is 4.88 Å². The van der Waals surface area contributed by atoms with Gasteiger partial charge in [0.2, 0.25) is 0 Å². The third-order valence-electron chi connectivity index (χ3n) is 2.52. The molecule has 0 spiro atoms. The monoisotopic (exact) mass is 248 g/mol. The maximum atomic E-state index is 5.81. The van der Waals surface area contributed by atoms with E-state index in [4.69, 9.17) is 10.5 Å². The van der Waals surface area contributed by atoms with Gasteiger partial charge in [-0.3, -0.25) is 0 Å². The van der Waals surface area contributed by atoms with Crippen molar-refractivity contribution in [2.45, 2.75) is 13.0 Å². The Labute approximate surface area is 105 Å². The van der Waals surface area contributed by atoms with Gasteiger partial charge in [-0.25, -0.2) is 0 Å². The van der Waals surface area contributed by atoms with Gasteiger partial charge in [-0.05, 0) is 24.4 Å². The Balaban J connectivity index is 2.15. The molecule has 2 aromatic rings. The minimum Gasteiger partial charge on any atom is -0.497 e. The number of methoxy groups -OCH3 is 1. The van der Waals surface area contributed by atoms with E-state index >= 15 is 0 Å². The van der Waals surface area contributed by atoms with Crippen LogP contribution in [-0.4, -0.2) is 7.11 Å². The van der Waals surface area contributed by atoms with E-state index < -0.39 is 0 Å². The first-order valence-corrected chi connectivity index (χ1v) is 6.31. The summed E-state index contributed by atoms with van der Waals surface area (Å²) in [6.07, 6.45) is 0. The fraction of sp³-hybridized carbons (Fsp3) is 0.231. The van der Waals surface area contributed by atoms with Gasteiger partial charge in [0, 0.05) is 28.4 Å². The first kappa shape index (κ1) is 11.8. The SMILES string of the molecule is COc1cc(N)cc(NC(C)c2cccs2)c1. The van der Waals surface area contributed by atoms with Crippen LogP contribution in [0.25, 0.3) is 0 Å². The van der Waals surface area contributed by atoms with Crippen molar-refractivity contribution < 1.29 is 4.74 Å². The molecule has 3 N–H and O–H groups in total. The van der Waals surface area contributed by atoms with Gasteiger partial charge >= 0.3 is 0 Å². The molecule has 1 atom stereocenters. The fourth-order valence-corrected chi connectivity index (χ4v) is 2.42. The Kier molecular flexibility index (Phi) is 3.54. The highest BCUT2D eigenvalue weighted by Crippen LogP contribution is 2.27. The molecule has 0 fully saturated rings. The van der Waals surface area contributed by atoms with Gasteiger partial charge in [0.15, 0.2) is 0 Å². The maximum Gasteiger partial charge on any atom is 0.122 e. The lowest BCUT2D eigenvalue weighted by Gasteiger charge is -2.15. The van der Waals surface area contributed by atoms with E-state index in [2.05, 4.69) is 29.8 Å². The average Bonchev–Trinajstić information content (AvgIpc) is 2.81. The van der Waals surface area contributed by atoms with Crippen LogP contribution in [0.15, 0.2) is 35.7 Å². The van der Waals surface area contributed by atoms with Crippen molar-refractivity contribution in [1.29, 1.82) is 0 Å². The maximum absolute atomic E-state index is 5.81. The number of anilines is 2. The Morgan fingerprint density at radius 2 is 2.18 bits per heavy atom. The van der Waals surface area contributed by atoms with Crippen molar-refractivity contribution in [3.05, 3.63) is 40.6 Å². The number of nitrogens with two attached hydrogens (primary N) is 1. The molecule has 0 bridgehead atoms. The van der Waals surface area contributed by atoms with E-state index in [0.29, 0.717) is 5.69 Å². The molecule has 4 heteroatoms. The van der Waals surface area contributed by atoms with Crippen LogP contribution in [0.2, 0.25) is 0 Å². The van der Waals surface area contributed by atoms with Crippen molar-refractivity contribution in [2.75, 3.05) is 18.2 Å². The van der Waals surface area contributed by atoms with Crippen LogP contribution in [-0.2, 0) is 0 Å². The second kappa shape index (κ2) is 5.10. The van der Waals surface area contributed by atoms with Gasteiger partial charge in [0.25, 0.3) is 0 Å². The zero-order valence-corrected chi connectivity index (χ0v) is 10.8. The molecule has 1 heterocycles. The van der Waals surface area contributed by atoms with Gasteiger partial charge in [-0.1, -0.05) is 6.07 Å².